The van der Waals surface area contributed by atoms with Crippen molar-refractivity contribution in [1.29, 1.82) is 0 Å². The third kappa shape index (κ3) is 3.05. The van der Waals surface area contributed by atoms with Gasteiger partial charge in [0.25, 0.3) is 0 Å². The molecule has 1 aromatic rings. The van der Waals surface area contributed by atoms with Crippen LogP contribution >= 0.6 is 12.4 Å². The molecule has 3 nitrogen and oxygen atoms in total. The first kappa shape index (κ1) is 11.9. The SMILES string of the molecule is CC(C(=O)NN)c1ccccc1.Cl. The summed E-state index contributed by atoms with van der Waals surface area (Å²) in [5, 5.41) is 0. The zero-order chi connectivity index (χ0) is 8.97. The highest BCUT2D eigenvalue weighted by molar-refractivity contribution is 5.85. The van der Waals surface area contributed by atoms with Gasteiger partial charge in [-0.2, -0.15) is 0 Å². The monoisotopic (exact) mass is 200 g/mol. The topological polar surface area (TPSA) is 55.1 Å². The molecule has 0 spiro atoms. The molecule has 0 saturated carbocycles. The van der Waals surface area contributed by atoms with E-state index in [0.29, 0.717) is 0 Å². The van der Waals surface area contributed by atoms with Crippen LogP contribution in [0.25, 0.3) is 0 Å². The highest BCUT2D eigenvalue weighted by atomic mass is 35.5. The van der Waals surface area contributed by atoms with Gasteiger partial charge in [-0.15, -0.1) is 12.4 Å². The number of hydrogen-bond donors (Lipinski definition) is 2. The molecule has 1 aromatic carbocycles. The third-order valence-electron chi connectivity index (χ3n) is 1.84. The average Bonchev–Trinajstić information content (AvgIpc) is 2.17. The van der Waals surface area contributed by atoms with Crippen LogP contribution in [0.15, 0.2) is 30.3 Å². The van der Waals surface area contributed by atoms with Crippen molar-refractivity contribution in [3.8, 4) is 0 Å². The molecular weight excluding hydrogens is 188 g/mol. The van der Waals surface area contributed by atoms with E-state index in [4.69, 9.17) is 5.84 Å². The van der Waals surface area contributed by atoms with E-state index < -0.39 is 0 Å². The standard InChI is InChI=1S/C9H12N2O.ClH/c1-7(9(12)11-10)8-5-3-2-4-6-8;/h2-7H,10H2,1H3,(H,11,12);1H. The van der Waals surface area contributed by atoms with Crippen molar-refractivity contribution in [1.82, 2.24) is 5.43 Å². The fourth-order valence-corrected chi connectivity index (χ4v) is 1.02. The summed E-state index contributed by atoms with van der Waals surface area (Å²) in [6.07, 6.45) is 0. The zero-order valence-corrected chi connectivity index (χ0v) is 8.17. The molecule has 0 aliphatic heterocycles. The Morgan fingerprint density at radius 2 is 1.92 bits per heavy atom. The van der Waals surface area contributed by atoms with Gasteiger partial charge in [-0.25, -0.2) is 5.84 Å². The normalized spacial score (nSPS) is 11.2. The van der Waals surface area contributed by atoms with Crippen LogP contribution < -0.4 is 11.3 Å². The van der Waals surface area contributed by atoms with Crippen LogP contribution in [0.5, 0.6) is 0 Å². The van der Waals surface area contributed by atoms with E-state index in [9.17, 15) is 4.79 Å². The van der Waals surface area contributed by atoms with Gasteiger partial charge in [-0.1, -0.05) is 30.3 Å². The summed E-state index contributed by atoms with van der Waals surface area (Å²) in [6.45, 7) is 1.82. The molecule has 0 saturated heterocycles. The number of hydrazine groups is 1. The number of benzene rings is 1. The molecule has 1 amide bonds. The van der Waals surface area contributed by atoms with Gasteiger partial charge < -0.3 is 0 Å². The molecule has 0 aliphatic rings. The molecule has 0 radical (unpaired) electrons. The van der Waals surface area contributed by atoms with Gasteiger partial charge in [0.2, 0.25) is 5.91 Å². The molecule has 3 N–H and O–H groups in total. The van der Waals surface area contributed by atoms with E-state index in [1.54, 1.807) is 0 Å². The van der Waals surface area contributed by atoms with Crippen molar-refractivity contribution in [2.45, 2.75) is 12.8 Å². The first-order valence-electron chi connectivity index (χ1n) is 3.81. The molecule has 72 valence electrons. The number of halogens is 1. The summed E-state index contributed by atoms with van der Waals surface area (Å²) in [4.78, 5) is 11.1. The summed E-state index contributed by atoms with van der Waals surface area (Å²) >= 11 is 0. The minimum absolute atomic E-state index is 0. The summed E-state index contributed by atoms with van der Waals surface area (Å²) in [6, 6.07) is 9.52. The number of nitrogens with one attached hydrogen (secondary N) is 1. The van der Waals surface area contributed by atoms with Gasteiger partial charge in [0, 0.05) is 0 Å². The molecule has 1 atom stereocenters. The zero-order valence-electron chi connectivity index (χ0n) is 7.36. The van der Waals surface area contributed by atoms with Gasteiger partial charge >= 0.3 is 0 Å². The Labute approximate surface area is 83.7 Å². The van der Waals surface area contributed by atoms with Crippen LogP contribution in [0.2, 0.25) is 0 Å². The number of hydrogen-bond acceptors (Lipinski definition) is 2. The third-order valence-corrected chi connectivity index (χ3v) is 1.84. The predicted molar refractivity (Wildman–Crippen MR) is 54.4 cm³/mol. The van der Waals surface area contributed by atoms with Gasteiger partial charge in [0.15, 0.2) is 0 Å². The first-order chi connectivity index (χ1) is 5.75. The Balaban J connectivity index is 0.00000144. The molecule has 0 aliphatic carbocycles. The number of rotatable bonds is 2. The van der Waals surface area contributed by atoms with Gasteiger partial charge in [0.1, 0.15) is 0 Å². The Morgan fingerprint density at radius 3 is 2.38 bits per heavy atom. The van der Waals surface area contributed by atoms with Crippen molar-refractivity contribution in [3.05, 3.63) is 35.9 Å². The van der Waals surface area contributed by atoms with Gasteiger partial charge in [0.05, 0.1) is 5.92 Å². The smallest absolute Gasteiger partial charge is 0.241 e. The van der Waals surface area contributed by atoms with E-state index in [1.165, 1.54) is 0 Å². The van der Waals surface area contributed by atoms with Crippen LogP contribution in [0, 0.1) is 0 Å². The Hall–Kier alpha value is -1.06. The number of carbonyl (C=O) groups is 1. The lowest BCUT2D eigenvalue weighted by molar-refractivity contribution is -0.122. The average molecular weight is 201 g/mol. The Bertz CT molecular complexity index is 264. The molecule has 0 aromatic heterocycles. The number of carbonyl (C=O) groups excluding carboxylic acids is 1. The van der Waals surface area contributed by atoms with Crippen LogP contribution in [-0.2, 0) is 4.79 Å². The molecule has 1 unspecified atom stereocenters. The fourth-order valence-electron chi connectivity index (χ4n) is 1.02. The number of nitrogens with two attached hydrogens (primary N) is 1. The summed E-state index contributed by atoms with van der Waals surface area (Å²) in [5.41, 5.74) is 3.10. The van der Waals surface area contributed by atoms with Gasteiger partial charge in [-0.05, 0) is 12.5 Å². The second kappa shape index (κ2) is 5.56. The molecule has 4 heteroatoms. The molecule has 0 fully saturated rings. The minimum atomic E-state index is -0.184. The molecule has 1 rings (SSSR count). The van der Waals surface area contributed by atoms with Crippen LogP contribution in [0.4, 0.5) is 0 Å². The molecule has 0 heterocycles. The molecule has 0 bridgehead atoms. The summed E-state index contributed by atoms with van der Waals surface area (Å²) < 4.78 is 0. The summed E-state index contributed by atoms with van der Waals surface area (Å²) in [5.74, 6) is 4.66. The quantitative estimate of drug-likeness (QED) is 0.428. The lowest BCUT2D eigenvalue weighted by Gasteiger charge is -2.08. The van der Waals surface area contributed by atoms with Crippen molar-refractivity contribution in [2.24, 2.45) is 5.84 Å². The Kier molecular flexibility index (Phi) is 5.11. The molecular formula is C9H13ClN2O. The van der Waals surface area contributed by atoms with Crippen molar-refractivity contribution >= 4 is 18.3 Å². The van der Waals surface area contributed by atoms with E-state index in [2.05, 4.69) is 5.43 Å². The molecule has 13 heavy (non-hydrogen) atoms. The van der Waals surface area contributed by atoms with Gasteiger partial charge in [-0.3, -0.25) is 10.2 Å². The van der Waals surface area contributed by atoms with Crippen molar-refractivity contribution in [3.63, 3.8) is 0 Å². The second-order valence-corrected chi connectivity index (χ2v) is 2.64. The van der Waals surface area contributed by atoms with Crippen molar-refractivity contribution < 1.29 is 4.79 Å². The van der Waals surface area contributed by atoms with Crippen molar-refractivity contribution in [2.75, 3.05) is 0 Å². The maximum atomic E-state index is 11.1. The van der Waals surface area contributed by atoms with E-state index in [0.717, 1.165) is 5.56 Å². The lowest BCUT2D eigenvalue weighted by Crippen LogP contribution is -2.33. The van der Waals surface area contributed by atoms with E-state index in [1.807, 2.05) is 37.3 Å². The maximum absolute atomic E-state index is 11.1. The first-order valence-corrected chi connectivity index (χ1v) is 3.81. The highest BCUT2D eigenvalue weighted by Gasteiger charge is 2.12. The minimum Gasteiger partial charge on any atom is -0.294 e. The van der Waals surface area contributed by atoms with E-state index >= 15 is 0 Å². The van der Waals surface area contributed by atoms with E-state index in [-0.39, 0.29) is 24.2 Å². The second-order valence-electron chi connectivity index (χ2n) is 2.64. The Morgan fingerprint density at radius 1 is 1.38 bits per heavy atom. The maximum Gasteiger partial charge on any atom is 0.241 e. The highest BCUT2D eigenvalue weighted by Crippen LogP contribution is 2.13. The largest absolute Gasteiger partial charge is 0.294 e. The number of amides is 1. The van der Waals surface area contributed by atoms with Crippen LogP contribution in [0.1, 0.15) is 18.4 Å². The fraction of sp³-hybridized carbons (Fsp3) is 0.222. The van der Waals surface area contributed by atoms with Crippen LogP contribution in [-0.4, -0.2) is 5.91 Å². The predicted octanol–water partition coefficient (Wildman–Crippen LogP) is 1.20. The summed E-state index contributed by atoms with van der Waals surface area (Å²) in [7, 11) is 0. The van der Waals surface area contributed by atoms with Crippen LogP contribution in [0.3, 0.4) is 0 Å². The lowest BCUT2D eigenvalue weighted by atomic mass is 10.0.